The van der Waals surface area contributed by atoms with Gasteiger partial charge < -0.3 is 15.8 Å². The summed E-state index contributed by atoms with van der Waals surface area (Å²) in [5, 5.41) is 2.59. The van der Waals surface area contributed by atoms with Gasteiger partial charge in [-0.1, -0.05) is 36.4 Å². The molecule has 0 spiro atoms. The van der Waals surface area contributed by atoms with Gasteiger partial charge in [0.25, 0.3) is 0 Å². The average Bonchev–Trinajstić information content (AvgIpc) is 2.60. The summed E-state index contributed by atoms with van der Waals surface area (Å²) in [5.41, 5.74) is 6.87. The molecule has 23 heavy (non-hydrogen) atoms. The van der Waals surface area contributed by atoms with Gasteiger partial charge in [-0.15, -0.1) is 0 Å². The van der Waals surface area contributed by atoms with E-state index in [1.165, 1.54) is 0 Å². The molecule has 0 bridgehead atoms. The van der Waals surface area contributed by atoms with Crippen LogP contribution in [-0.2, 0) is 27.4 Å². The lowest BCUT2D eigenvalue weighted by atomic mass is 10.1. The Morgan fingerprint density at radius 2 is 1.87 bits per heavy atom. The maximum absolute atomic E-state index is 12.3. The van der Waals surface area contributed by atoms with Crippen LogP contribution in [0, 0.1) is 0 Å². The Hall–Kier alpha value is -2.73. The second-order valence-corrected chi connectivity index (χ2v) is 4.94. The van der Waals surface area contributed by atoms with Gasteiger partial charge in [0.15, 0.2) is 0 Å². The van der Waals surface area contributed by atoms with Gasteiger partial charge in [0.2, 0.25) is 5.91 Å². The van der Waals surface area contributed by atoms with Gasteiger partial charge in [0, 0.05) is 12.6 Å². The minimum atomic E-state index is -0.780. The van der Waals surface area contributed by atoms with E-state index in [0.29, 0.717) is 12.1 Å². The summed E-state index contributed by atoms with van der Waals surface area (Å²) < 4.78 is 5.25. The first kappa shape index (κ1) is 16.6. The van der Waals surface area contributed by atoms with Crippen LogP contribution in [0.25, 0.3) is 0 Å². The summed E-state index contributed by atoms with van der Waals surface area (Å²) in [5.74, 6) is -0.915. The van der Waals surface area contributed by atoms with Crippen LogP contribution in [0.2, 0.25) is 0 Å². The number of nitrogens with zero attached hydrogens (tertiary/aromatic N) is 1. The topological polar surface area (TPSA) is 94.3 Å². The molecule has 2 aromatic rings. The van der Waals surface area contributed by atoms with Gasteiger partial charge in [0.1, 0.15) is 12.6 Å². The standard InChI is InChI=1S/C17H19N3O3/c18-11-16(21)20-15(10-13-6-2-1-3-7-13)17(22)23-12-14-8-4-5-9-19-14/h1-9,15H,10-12,18H2,(H,20,21)/t15-/m0/s1. The molecule has 0 aliphatic carbocycles. The molecular formula is C17H19N3O3. The van der Waals surface area contributed by atoms with E-state index in [4.69, 9.17) is 10.5 Å². The molecule has 6 nitrogen and oxygen atoms in total. The van der Waals surface area contributed by atoms with Crippen molar-refractivity contribution in [3.05, 3.63) is 66.0 Å². The number of hydrogen-bond donors (Lipinski definition) is 2. The molecule has 0 saturated carbocycles. The molecule has 0 aliphatic rings. The minimum absolute atomic E-state index is 0.0590. The summed E-state index contributed by atoms with van der Waals surface area (Å²) in [6, 6.07) is 14.0. The van der Waals surface area contributed by atoms with Crippen LogP contribution in [0.15, 0.2) is 54.7 Å². The molecule has 0 saturated heterocycles. The van der Waals surface area contributed by atoms with Crippen LogP contribution < -0.4 is 11.1 Å². The van der Waals surface area contributed by atoms with E-state index in [9.17, 15) is 9.59 Å². The van der Waals surface area contributed by atoms with Gasteiger partial charge in [-0.3, -0.25) is 9.78 Å². The third-order valence-electron chi connectivity index (χ3n) is 3.18. The van der Waals surface area contributed by atoms with Crippen molar-refractivity contribution in [3.63, 3.8) is 0 Å². The highest BCUT2D eigenvalue weighted by atomic mass is 16.5. The number of rotatable bonds is 7. The van der Waals surface area contributed by atoms with Crippen molar-refractivity contribution in [1.29, 1.82) is 0 Å². The molecule has 1 aromatic carbocycles. The molecule has 0 unspecified atom stereocenters. The number of carbonyl (C=O) groups is 2. The number of pyridine rings is 1. The van der Waals surface area contributed by atoms with Crippen molar-refractivity contribution in [2.75, 3.05) is 6.54 Å². The normalized spacial score (nSPS) is 11.5. The second-order valence-electron chi connectivity index (χ2n) is 4.94. The van der Waals surface area contributed by atoms with Gasteiger partial charge >= 0.3 is 5.97 Å². The molecule has 0 fully saturated rings. The van der Waals surface area contributed by atoms with Crippen LogP contribution in [0.1, 0.15) is 11.3 Å². The summed E-state index contributed by atoms with van der Waals surface area (Å²) in [7, 11) is 0. The fourth-order valence-electron chi connectivity index (χ4n) is 2.03. The van der Waals surface area contributed by atoms with E-state index in [-0.39, 0.29) is 13.2 Å². The van der Waals surface area contributed by atoms with Crippen LogP contribution in [0.5, 0.6) is 0 Å². The molecule has 3 N–H and O–H groups in total. The highest BCUT2D eigenvalue weighted by molar-refractivity contribution is 5.85. The molecule has 2 rings (SSSR count). The van der Waals surface area contributed by atoms with E-state index in [0.717, 1.165) is 5.56 Å². The third kappa shape index (κ3) is 5.52. The molecule has 1 heterocycles. The zero-order chi connectivity index (χ0) is 16.5. The molecule has 120 valence electrons. The lowest BCUT2D eigenvalue weighted by Gasteiger charge is -2.17. The quantitative estimate of drug-likeness (QED) is 0.738. The summed E-state index contributed by atoms with van der Waals surface area (Å²) in [4.78, 5) is 27.9. The summed E-state index contributed by atoms with van der Waals surface area (Å²) >= 11 is 0. The molecule has 1 atom stereocenters. The van der Waals surface area contributed by atoms with E-state index in [2.05, 4.69) is 10.3 Å². The molecule has 6 heteroatoms. The second kappa shape index (κ2) is 8.65. The Balaban J connectivity index is 2.00. The van der Waals surface area contributed by atoms with Gasteiger partial charge in [-0.2, -0.15) is 0 Å². The first-order valence-electron chi connectivity index (χ1n) is 7.29. The lowest BCUT2D eigenvalue weighted by Crippen LogP contribution is -2.45. The molecular weight excluding hydrogens is 294 g/mol. The van der Waals surface area contributed by atoms with Crippen LogP contribution >= 0.6 is 0 Å². The first-order chi connectivity index (χ1) is 11.2. The number of esters is 1. The number of benzene rings is 1. The fourth-order valence-corrected chi connectivity index (χ4v) is 2.03. The molecule has 1 aromatic heterocycles. The zero-order valence-corrected chi connectivity index (χ0v) is 12.6. The first-order valence-corrected chi connectivity index (χ1v) is 7.29. The van der Waals surface area contributed by atoms with E-state index >= 15 is 0 Å². The molecule has 0 aliphatic heterocycles. The van der Waals surface area contributed by atoms with Crippen LogP contribution in [-0.4, -0.2) is 29.4 Å². The van der Waals surface area contributed by atoms with E-state index < -0.39 is 17.9 Å². The Bertz CT molecular complexity index is 632. The van der Waals surface area contributed by atoms with Crippen molar-refractivity contribution in [2.45, 2.75) is 19.1 Å². The van der Waals surface area contributed by atoms with Crippen LogP contribution in [0.4, 0.5) is 0 Å². The van der Waals surface area contributed by atoms with Gasteiger partial charge in [-0.05, 0) is 17.7 Å². The zero-order valence-electron chi connectivity index (χ0n) is 12.6. The largest absolute Gasteiger partial charge is 0.458 e. The third-order valence-corrected chi connectivity index (χ3v) is 3.18. The Morgan fingerprint density at radius 1 is 1.13 bits per heavy atom. The monoisotopic (exact) mass is 313 g/mol. The highest BCUT2D eigenvalue weighted by Crippen LogP contribution is 2.06. The Kier molecular flexibility index (Phi) is 6.26. The van der Waals surface area contributed by atoms with Crippen LogP contribution in [0.3, 0.4) is 0 Å². The maximum Gasteiger partial charge on any atom is 0.329 e. The van der Waals surface area contributed by atoms with Gasteiger partial charge in [-0.25, -0.2) is 4.79 Å². The summed E-state index contributed by atoms with van der Waals surface area (Å²) in [6.45, 7) is -0.123. The molecule has 1 amide bonds. The number of hydrogen-bond acceptors (Lipinski definition) is 5. The Labute approximate surface area is 134 Å². The fraction of sp³-hybridized carbons (Fsp3) is 0.235. The number of nitrogens with one attached hydrogen (secondary N) is 1. The maximum atomic E-state index is 12.3. The van der Waals surface area contributed by atoms with E-state index in [1.807, 2.05) is 36.4 Å². The number of aromatic nitrogens is 1. The molecule has 0 radical (unpaired) electrons. The number of amides is 1. The van der Waals surface area contributed by atoms with Crippen molar-refractivity contribution in [2.24, 2.45) is 5.73 Å². The SMILES string of the molecule is NCC(=O)N[C@@H](Cc1ccccc1)C(=O)OCc1ccccn1. The summed E-state index contributed by atoms with van der Waals surface area (Å²) in [6.07, 6.45) is 1.97. The van der Waals surface area contributed by atoms with Gasteiger partial charge in [0.05, 0.1) is 12.2 Å². The Morgan fingerprint density at radius 3 is 2.52 bits per heavy atom. The van der Waals surface area contributed by atoms with Crippen molar-refractivity contribution in [1.82, 2.24) is 10.3 Å². The smallest absolute Gasteiger partial charge is 0.329 e. The predicted octanol–water partition coefficient (Wildman–Crippen LogP) is 0.811. The number of carbonyl (C=O) groups excluding carboxylic acids is 2. The average molecular weight is 313 g/mol. The van der Waals surface area contributed by atoms with Crippen molar-refractivity contribution < 1.29 is 14.3 Å². The number of nitrogens with two attached hydrogens (primary N) is 1. The minimum Gasteiger partial charge on any atom is -0.458 e. The number of ether oxygens (including phenoxy) is 1. The van der Waals surface area contributed by atoms with E-state index in [1.54, 1.807) is 18.3 Å². The van der Waals surface area contributed by atoms with Crippen molar-refractivity contribution >= 4 is 11.9 Å². The predicted molar refractivity (Wildman–Crippen MR) is 85.2 cm³/mol. The van der Waals surface area contributed by atoms with Crippen molar-refractivity contribution in [3.8, 4) is 0 Å². The lowest BCUT2D eigenvalue weighted by molar-refractivity contribution is -0.149. The highest BCUT2D eigenvalue weighted by Gasteiger charge is 2.22.